The van der Waals surface area contributed by atoms with E-state index in [0.717, 1.165) is 16.0 Å². The van der Waals surface area contributed by atoms with Gasteiger partial charge in [0, 0.05) is 6.42 Å². The minimum Gasteiger partial charge on any atom is -0.477 e. The molecule has 0 amide bonds. The average molecular weight is 288 g/mol. The highest BCUT2D eigenvalue weighted by Gasteiger charge is 2.14. The Morgan fingerprint density at radius 3 is 2.50 bits per heavy atom. The van der Waals surface area contributed by atoms with E-state index < -0.39 is 5.97 Å². The van der Waals surface area contributed by atoms with Crippen LogP contribution in [0.2, 0.25) is 0 Å². The van der Waals surface area contributed by atoms with Gasteiger partial charge in [0.15, 0.2) is 0 Å². The molecule has 0 saturated carbocycles. The Labute approximate surface area is 118 Å². The lowest BCUT2D eigenvalue weighted by Crippen LogP contribution is -2.04. The average Bonchev–Trinajstić information content (AvgIpc) is 2.99. The number of carbonyl (C=O) groups is 1. The molecule has 2 heterocycles. The van der Waals surface area contributed by atoms with Gasteiger partial charge in [-0.2, -0.15) is 15.0 Å². The summed E-state index contributed by atoms with van der Waals surface area (Å²) >= 11 is 1.21. The van der Waals surface area contributed by atoms with E-state index in [9.17, 15) is 4.79 Å². The predicted octanol–water partition coefficient (Wildman–Crippen LogP) is 2.14. The smallest absolute Gasteiger partial charge is 0.347 e. The maximum absolute atomic E-state index is 11.0. The number of thiazole rings is 1. The fourth-order valence-electron chi connectivity index (χ4n) is 1.96. The van der Waals surface area contributed by atoms with E-state index >= 15 is 0 Å². The van der Waals surface area contributed by atoms with Crippen molar-refractivity contribution in [3.8, 4) is 0 Å². The van der Waals surface area contributed by atoms with Crippen LogP contribution in [0, 0.1) is 6.92 Å². The maximum Gasteiger partial charge on any atom is 0.347 e. The summed E-state index contributed by atoms with van der Waals surface area (Å²) in [6.45, 7) is 2.30. The van der Waals surface area contributed by atoms with Crippen LogP contribution in [0.3, 0.4) is 0 Å². The first kappa shape index (κ1) is 12.7. The van der Waals surface area contributed by atoms with Crippen molar-refractivity contribution >= 4 is 28.3 Å². The molecule has 102 valence electrons. The van der Waals surface area contributed by atoms with Crippen molar-refractivity contribution in [3.63, 3.8) is 0 Å². The predicted molar refractivity (Wildman–Crippen MR) is 75.0 cm³/mol. The second-order valence-electron chi connectivity index (χ2n) is 4.36. The Kier molecular flexibility index (Phi) is 3.19. The number of carboxylic acid groups (broad SMARTS) is 1. The van der Waals surface area contributed by atoms with Gasteiger partial charge in [0.2, 0.25) is 0 Å². The van der Waals surface area contributed by atoms with E-state index in [-0.39, 0.29) is 0 Å². The molecule has 0 saturated heterocycles. The number of benzene rings is 1. The topological polar surface area (TPSA) is 80.9 Å². The molecule has 0 aliphatic rings. The molecule has 0 unspecified atom stereocenters. The summed E-state index contributed by atoms with van der Waals surface area (Å²) in [6, 6.07) is 7.67. The number of carboxylic acids is 1. The molecule has 0 radical (unpaired) electrons. The normalized spacial score (nSPS) is 11.1. The third-order valence-electron chi connectivity index (χ3n) is 2.89. The Balaban J connectivity index is 1.76. The van der Waals surface area contributed by atoms with Crippen LogP contribution in [0.15, 0.2) is 24.3 Å². The molecule has 0 spiro atoms. The first-order chi connectivity index (χ1) is 9.63. The van der Waals surface area contributed by atoms with E-state index in [1.165, 1.54) is 11.3 Å². The van der Waals surface area contributed by atoms with E-state index in [0.29, 0.717) is 23.5 Å². The van der Waals surface area contributed by atoms with Gasteiger partial charge < -0.3 is 5.11 Å². The van der Waals surface area contributed by atoms with Crippen LogP contribution in [-0.2, 0) is 13.0 Å². The van der Waals surface area contributed by atoms with Gasteiger partial charge in [-0.3, -0.25) is 0 Å². The van der Waals surface area contributed by atoms with Crippen molar-refractivity contribution in [2.24, 2.45) is 0 Å². The number of rotatable bonds is 4. The van der Waals surface area contributed by atoms with E-state index in [4.69, 9.17) is 5.11 Å². The third-order valence-corrected chi connectivity index (χ3v) is 4.09. The van der Waals surface area contributed by atoms with Crippen LogP contribution >= 0.6 is 11.3 Å². The van der Waals surface area contributed by atoms with Gasteiger partial charge in [-0.05, 0) is 19.1 Å². The molecule has 1 N–H and O–H groups in total. The van der Waals surface area contributed by atoms with Crippen molar-refractivity contribution in [2.45, 2.75) is 19.9 Å². The van der Waals surface area contributed by atoms with Crippen molar-refractivity contribution in [2.75, 3.05) is 0 Å². The monoisotopic (exact) mass is 288 g/mol. The summed E-state index contributed by atoms with van der Waals surface area (Å²) in [6.07, 6.45) is 0.625. The zero-order valence-electron chi connectivity index (χ0n) is 10.8. The van der Waals surface area contributed by atoms with E-state index in [1.807, 2.05) is 24.3 Å². The van der Waals surface area contributed by atoms with E-state index in [2.05, 4.69) is 15.2 Å². The number of nitrogens with zero attached hydrogens (tertiary/aromatic N) is 4. The zero-order chi connectivity index (χ0) is 14.1. The molecular weight excluding hydrogens is 276 g/mol. The summed E-state index contributed by atoms with van der Waals surface area (Å²) in [5.74, 6) is -0.922. The third kappa shape index (κ3) is 2.39. The Morgan fingerprint density at radius 2 is 1.95 bits per heavy atom. The van der Waals surface area contributed by atoms with Gasteiger partial charge in [-0.25, -0.2) is 9.78 Å². The summed E-state index contributed by atoms with van der Waals surface area (Å²) in [4.78, 5) is 17.2. The number of aryl methyl sites for hydroxylation is 3. The van der Waals surface area contributed by atoms with Crippen LogP contribution in [0.1, 0.15) is 20.4 Å². The van der Waals surface area contributed by atoms with Gasteiger partial charge in [0.1, 0.15) is 15.9 Å². The van der Waals surface area contributed by atoms with Crippen molar-refractivity contribution < 1.29 is 9.90 Å². The fourth-order valence-corrected chi connectivity index (χ4v) is 2.85. The highest BCUT2D eigenvalue weighted by molar-refractivity contribution is 7.13. The lowest BCUT2D eigenvalue weighted by molar-refractivity contribution is 0.0701. The standard InChI is InChI=1S/C13H12N4O2S/c1-8-12(13(18)19)20-11(14-8)6-7-17-15-9-4-2-3-5-10(9)16-17/h2-5H,6-7H2,1H3,(H,18,19). The van der Waals surface area contributed by atoms with Crippen molar-refractivity contribution in [1.29, 1.82) is 0 Å². The second-order valence-corrected chi connectivity index (χ2v) is 5.45. The molecule has 0 aliphatic carbocycles. The van der Waals surface area contributed by atoms with Gasteiger partial charge in [-0.1, -0.05) is 12.1 Å². The molecule has 0 aliphatic heterocycles. The van der Waals surface area contributed by atoms with Crippen LogP contribution in [0.5, 0.6) is 0 Å². The lowest BCUT2D eigenvalue weighted by Gasteiger charge is -1.95. The number of hydrogen-bond acceptors (Lipinski definition) is 5. The molecule has 1 aromatic carbocycles. The number of hydrogen-bond donors (Lipinski definition) is 1. The van der Waals surface area contributed by atoms with E-state index in [1.54, 1.807) is 11.7 Å². The number of fused-ring (bicyclic) bond motifs is 1. The molecule has 6 nitrogen and oxygen atoms in total. The summed E-state index contributed by atoms with van der Waals surface area (Å²) in [7, 11) is 0. The highest BCUT2D eigenvalue weighted by atomic mass is 32.1. The first-order valence-electron chi connectivity index (χ1n) is 6.13. The summed E-state index contributed by atoms with van der Waals surface area (Å²) in [5, 5.41) is 18.5. The minimum absolute atomic E-state index is 0.304. The minimum atomic E-state index is -0.922. The Morgan fingerprint density at radius 1 is 1.30 bits per heavy atom. The quantitative estimate of drug-likeness (QED) is 0.795. The van der Waals surface area contributed by atoms with Gasteiger partial charge in [0.05, 0.1) is 17.2 Å². The molecule has 7 heteroatoms. The summed E-state index contributed by atoms with van der Waals surface area (Å²) < 4.78 is 0. The SMILES string of the molecule is Cc1nc(CCn2nc3ccccc3n2)sc1C(=O)O. The van der Waals surface area contributed by atoms with Crippen LogP contribution < -0.4 is 0 Å². The highest BCUT2D eigenvalue weighted by Crippen LogP contribution is 2.18. The van der Waals surface area contributed by atoms with Crippen molar-refractivity contribution in [3.05, 3.63) is 39.8 Å². The lowest BCUT2D eigenvalue weighted by atomic mass is 10.3. The number of aromatic carboxylic acids is 1. The van der Waals surface area contributed by atoms with Crippen LogP contribution in [0.4, 0.5) is 0 Å². The molecule has 3 aromatic rings. The second kappa shape index (κ2) is 5.01. The molecule has 20 heavy (non-hydrogen) atoms. The Hall–Kier alpha value is -2.28. The maximum atomic E-state index is 11.0. The molecular formula is C13H12N4O2S. The Bertz CT molecular complexity index is 745. The summed E-state index contributed by atoms with van der Waals surface area (Å²) in [5.41, 5.74) is 2.28. The number of aromatic nitrogens is 4. The molecule has 0 bridgehead atoms. The van der Waals surface area contributed by atoms with Crippen LogP contribution in [-0.4, -0.2) is 31.1 Å². The van der Waals surface area contributed by atoms with Crippen molar-refractivity contribution in [1.82, 2.24) is 20.0 Å². The first-order valence-corrected chi connectivity index (χ1v) is 6.94. The fraction of sp³-hybridized carbons (Fsp3) is 0.231. The molecule has 3 rings (SSSR count). The largest absolute Gasteiger partial charge is 0.477 e. The van der Waals surface area contributed by atoms with Gasteiger partial charge >= 0.3 is 5.97 Å². The molecule has 0 fully saturated rings. The van der Waals surface area contributed by atoms with Crippen LogP contribution in [0.25, 0.3) is 11.0 Å². The van der Waals surface area contributed by atoms with Gasteiger partial charge in [0.25, 0.3) is 0 Å². The van der Waals surface area contributed by atoms with Gasteiger partial charge in [-0.15, -0.1) is 11.3 Å². The zero-order valence-corrected chi connectivity index (χ0v) is 11.6. The molecule has 0 atom stereocenters. The molecule has 2 aromatic heterocycles.